The van der Waals surface area contributed by atoms with Crippen molar-refractivity contribution in [2.24, 2.45) is 11.7 Å². The Bertz CT molecular complexity index is 464. The second kappa shape index (κ2) is 6.91. The first kappa shape index (κ1) is 15.0. The van der Waals surface area contributed by atoms with Crippen LogP contribution in [0.5, 0.6) is 0 Å². The second-order valence-electron chi connectivity index (χ2n) is 6.87. The summed E-state index contributed by atoms with van der Waals surface area (Å²) in [4.78, 5) is 5.16. The Hall–Kier alpha value is -0.900. The highest BCUT2D eigenvalue weighted by atomic mass is 15.3. The van der Waals surface area contributed by atoms with Gasteiger partial charge >= 0.3 is 0 Å². The number of rotatable bonds is 5. The standard InChI is InChI=1S/C18H29N3/c1-15(12-19)13-20-7-9-21(10-8-20)14-16-5-6-17-3-2-4-18(17)11-16/h5-6,11,15H,2-4,7-10,12-14,19H2,1H3. The van der Waals surface area contributed by atoms with E-state index in [-0.39, 0.29) is 0 Å². The van der Waals surface area contributed by atoms with Crippen LogP contribution in [-0.4, -0.2) is 49.1 Å². The van der Waals surface area contributed by atoms with E-state index in [0.29, 0.717) is 5.92 Å². The molecule has 1 fully saturated rings. The number of nitrogens with two attached hydrogens (primary N) is 1. The first-order chi connectivity index (χ1) is 10.2. The highest BCUT2D eigenvalue weighted by Gasteiger charge is 2.19. The van der Waals surface area contributed by atoms with E-state index >= 15 is 0 Å². The Morgan fingerprint density at radius 3 is 2.52 bits per heavy atom. The van der Waals surface area contributed by atoms with Crippen LogP contribution in [0.2, 0.25) is 0 Å². The van der Waals surface area contributed by atoms with Crippen LogP contribution in [0, 0.1) is 5.92 Å². The number of hydrogen-bond acceptors (Lipinski definition) is 3. The molecule has 1 aromatic rings. The fourth-order valence-corrected chi connectivity index (χ4v) is 3.63. The van der Waals surface area contributed by atoms with Gasteiger partial charge in [0.1, 0.15) is 0 Å². The lowest BCUT2D eigenvalue weighted by molar-refractivity contribution is 0.116. The van der Waals surface area contributed by atoms with Gasteiger partial charge in [0.05, 0.1) is 0 Å². The normalized spacial score (nSPS) is 21.4. The van der Waals surface area contributed by atoms with Gasteiger partial charge in [-0.2, -0.15) is 0 Å². The molecule has 1 saturated heterocycles. The molecule has 3 heteroatoms. The van der Waals surface area contributed by atoms with Gasteiger partial charge < -0.3 is 10.6 Å². The fourth-order valence-electron chi connectivity index (χ4n) is 3.63. The Morgan fingerprint density at radius 2 is 1.76 bits per heavy atom. The summed E-state index contributed by atoms with van der Waals surface area (Å²) in [6.45, 7) is 10.1. The number of benzene rings is 1. The number of hydrogen-bond donors (Lipinski definition) is 1. The van der Waals surface area contributed by atoms with E-state index < -0.39 is 0 Å². The molecule has 1 atom stereocenters. The lowest BCUT2D eigenvalue weighted by Crippen LogP contribution is -2.47. The molecule has 1 aliphatic carbocycles. The lowest BCUT2D eigenvalue weighted by atomic mass is 10.1. The van der Waals surface area contributed by atoms with E-state index in [4.69, 9.17) is 5.73 Å². The molecule has 3 nitrogen and oxygen atoms in total. The molecule has 2 N–H and O–H groups in total. The molecule has 1 aromatic carbocycles. The zero-order valence-corrected chi connectivity index (χ0v) is 13.4. The molecule has 0 saturated carbocycles. The molecule has 0 spiro atoms. The van der Waals surface area contributed by atoms with Gasteiger partial charge in [-0.3, -0.25) is 4.90 Å². The van der Waals surface area contributed by atoms with Crippen LogP contribution in [0.15, 0.2) is 18.2 Å². The molecule has 1 unspecified atom stereocenters. The average Bonchev–Trinajstić information content (AvgIpc) is 2.96. The third-order valence-corrected chi connectivity index (χ3v) is 5.01. The van der Waals surface area contributed by atoms with Crippen molar-refractivity contribution in [2.45, 2.75) is 32.7 Å². The van der Waals surface area contributed by atoms with Crippen LogP contribution in [0.1, 0.15) is 30.0 Å². The quantitative estimate of drug-likeness (QED) is 0.897. The maximum atomic E-state index is 5.73. The first-order valence-corrected chi connectivity index (χ1v) is 8.50. The molecule has 0 aromatic heterocycles. The molecule has 2 aliphatic rings. The highest BCUT2D eigenvalue weighted by molar-refractivity contribution is 5.35. The first-order valence-electron chi connectivity index (χ1n) is 8.50. The van der Waals surface area contributed by atoms with Crippen molar-refractivity contribution >= 4 is 0 Å². The van der Waals surface area contributed by atoms with Crippen molar-refractivity contribution in [2.75, 3.05) is 39.3 Å². The van der Waals surface area contributed by atoms with E-state index in [1.165, 1.54) is 51.0 Å². The Kier molecular flexibility index (Phi) is 4.94. The van der Waals surface area contributed by atoms with E-state index in [1.807, 2.05) is 0 Å². The number of nitrogens with zero attached hydrogens (tertiary/aromatic N) is 2. The van der Waals surface area contributed by atoms with Crippen molar-refractivity contribution in [3.63, 3.8) is 0 Å². The van der Waals surface area contributed by atoms with Gasteiger partial charge in [-0.1, -0.05) is 25.1 Å². The monoisotopic (exact) mass is 287 g/mol. The summed E-state index contributed by atoms with van der Waals surface area (Å²) < 4.78 is 0. The van der Waals surface area contributed by atoms with Gasteiger partial charge in [-0.05, 0) is 48.4 Å². The fraction of sp³-hybridized carbons (Fsp3) is 0.667. The van der Waals surface area contributed by atoms with Gasteiger partial charge in [-0.25, -0.2) is 0 Å². The second-order valence-corrected chi connectivity index (χ2v) is 6.87. The molecule has 21 heavy (non-hydrogen) atoms. The minimum atomic E-state index is 0.619. The summed E-state index contributed by atoms with van der Waals surface area (Å²) >= 11 is 0. The molecule has 0 radical (unpaired) electrons. The number of piperazine rings is 1. The van der Waals surface area contributed by atoms with Crippen molar-refractivity contribution in [3.05, 3.63) is 34.9 Å². The van der Waals surface area contributed by atoms with Gasteiger partial charge in [0.2, 0.25) is 0 Å². The Balaban J connectivity index is 1.49. The van der Waals surface area contributed by atoms with E-state index in [1.54, 1.807) is 11.1 Å². The summed E-state index contributed by atoms with van der Waals surface area (Å²) in [5.41, 5.74) is 10.4. The lowest BCUT2D eigenvalue weighted by Gasteiger charge is -2.35. The van der Waals surface area contributed by atoms with Crippen LogP contribution < -0.4 is 5.73 Å². The third kappa shape index (κ3) is 3.85. The molecule has 1 heterocycles. The predicted molar refractivity (Wildman–Crippen MR) is 88.4 cm³/mol. The predicted octanol–water partition coefficient (Wildman–Crippen LogP) is 1.89. The molecular formula is C18H29N3. The molecule has 1 aliphatic heterocycles. The smallest absolute Gasteiger partial charge is 0.0234 e. The Labute approximate surface area is 129 Å². The SMILES string of the molecule is CC(CN)CN1CCN(Cc2ccc3c(c2)CCC3)CC1. The summed E-state index contributed by atoms with van der Waals surface area (Å²) in [5.74, 6) is 0.619. The van der Waals surface area contributed by atoms with Gasteiger partial charge in [0.15, 0.2) is 0 Å². The van der Waals surface area contributed by atoms with Crippen LogP contribution >= 0.6 is 0 Å². The van der Waals surface area contributed by atoms with Gasteiger partial charge in [-0.15, -0.1) is 0 Å². The van der Waals surface area contributed by atoms with Crippen molar-refractivity contribution in [1.29, 1.82) is 0 Å². The summed E-state index contributed by atoms with van der Waals surface area (Å²) in [6, 6.07) is 7.15. The number of fused-ring (bicyclic) bond motifs is 1. The molecular weight excluding hydrogens is 258 g/mol. The van der Waals surface area contributed by atoms with Crippen LogP contribution in [0.4, 0.5) is 0 Å². The molecule has 116 valence electrons. The van der Waals surface area contributed by atoms with E-state index in [0.717, 1.165) is 19.6 Å². The molecule has 0 amide bonds. The molecule has 0 bridgehead atoms. The summed E-state index contributed by atoms with van der Waals surface area (Å²) in [5, 5.41) is 0. The van der Waals surface area contributed by atoms with E-state index in [2.05, 4.69) is 34.9 Å². The van der Waals surface area contributed by atoms with Crippen molar-refractivity contribution in [1.82, 2.24) is 9.80 Å². The van der Waals surface area contributed by atoms with Crippen LogP contribution in [0.25, 0.3) is 0 Å². The molecule has 3 rings (SSSR count). The maximum Gasteiger partial charge on any atom is 0.0234 e. The van der Waals surface area contributed by atoms with Crippen molar-refractivity contribution in [3.8, 4) is 0 Å². The average molecular weight is 287 g/mol. The zero-order chi connectivity index (χ0) is 14.7. The third-order valence-electron chi connectivity index (χ3n) is 5.01. The van der Waals surface area contributed by atoms with Gasteiger partial charge in [0.25, 0.3) is 0 Å². The summed E-state index contributed by atoms with van der Waals surface area (Å²) in [7, 11) is 0. The number of aryl methyl sites for hydroxylation is 2. The minimum absolute atomic E-state index is 0.619. The highest BCUT2D eigenvalue weighted by Crippen LogP contribution is 2.23. The maximum absolute atomic E-state index is 5.73. The van der Waals surface area contributed by atoms with E-state index in [9.17, 15) is 0 Å². The topological polar surface area (TPSA) is 32.5 Å². The van der Waals surface area contributed by atoms with Crippen molar-refractivity contribution < 1.29 is 0 Å². The minimum Gasteiger partial charge on any atom is -0.330 e. The Morgan fingerprint density at radius 1 is 1.05 bits per heavy atom. The van der Waals surface area contributed by atoms with Gasteiger partial charge in [0, 0.05) is 39.3 Å². The zero-order valence-electron chi connectivity index (χ0n) is 13.4. The largest absolute Gasteiger partial charge is 0.330 e. The summed E-state index contributed by atoms with van der Waals surface area (Å²) in [6.07, 6.45) is 3.92. The van der Waals surface area contributed by atoms with Crippen LogP contribution in [-0.2, 0) is 19.4 Å². The van der Waals surface area contributed by atoms with Crippen LogP contribution in [0.3, 0.4) is 0 Å².